The summed E-state index contributed by atoms with van der Waals surface area (Å²) in [7, 11) is 1.90. The molecule has 2 aromatic rings. The van der Waals surface area contributed by atoms with E-state index in [1.165, 1.54) is 0 Å². The van der Waals surface area contributed by atoms with Gasteiger partial charge in [0.1, 0.15) is 5.69 Å². The van der Waals surface area contributed by atoms with E-state index in [9.17, 15) is 9.59 Å². The number of piperidine rings is 2. The number of nitrogens with zero attached hydrogens (tertiary/aromatic N) is 4. The Balaban J connectivity index is 1.42. The van der Waals surface area contributed by atoms with E-state index < -0.39 is 0 Å². The van der Waals surface area contributed by atoms with Crippen LogP contribution in [0.2, 0.25) is 0 Å². The second-order valence-electron chi connectivity index (χ2n) is 7.32. The highest BCUT2D eigenvalue weighted by Crippen LogP contribution is 2.32. The number of carbonyl (C=O) groups is 2. The van der Waals surface area contributed by atoms with Crippen LogP contribution >= 0.6 is 0 Å². The number of aryl methyl sites for hydroxylation is 1. The van der Waals surface area contributed by atoms with Crippen molar-refractivity contribution in [3.63, 3.8) is 0 Å². The lowest BCUT2D eigenvalue weighted by molar-refractivity contribution is -0.140. The molecule has 0 unspecified atom stereocenters. The molecule has 4 heterocycles. The lowest BCUT2D eigenvalue weighted by atomic mass is 9.83. The quantitative estimate of drug-likeness (QED) is 0.902. The van der Waals surface area contributed by atoms with Gasteiger partial charge < -0.3 is 19.4 Å². The van der Waals surface area contributed by atoms with Crippen LogP contribution in [-0.4, -0.2) is 61.8 Å². The van der Waals surface area contributed by atoms with Gasteiger partial charge in [-0.05, 0) is 30.9 Å². The molecule has 0 radical (unpaired) electrons. The first-order valence-electron chi connectivity index (χ1n) is 9.31. The van der Waals surface area contributed by atoms with Crippen LogP contribution < -0.4 is 0 Å². The number of aromatic nitrogens is 3. The molecule has 0 spiro atoms. The van der Waals surface area contributed by atoms with Crippen molar-refractivity contribution in [2.75, 3.05) is 19.6 Å². The van der Waals surface area contributed by atoms with E-state index in [0.717, 1.165) is 37.2 Å². The number of carbonyl (C=O) groups excluding carboxylic acids is 2. The number of fused-ring (bicyclic) bond motifs is 1. The van der Waals surface area contributed by atoms with E-state index in [1.807, 2.05) is 45.9 Å². The number of aromatic amines is 1. The van der Waals surface area contributed by atoms with Crippen molar-refractivity contribution in [3.8, 4) is 0 Å². The Hall–Kier alpha value is -2.57. The lowest BCUT2D eigenvalue weighted by Crippen LogP contribution is -2.57. The van der Waals surface area contributed by atoms with Crippen molar-refractivity contribution in [2.24, 2.45) is 13.0 Å². The molecule has 2 aromatic heterocycles. The minimum absolute atomic E-state index is 0.0943. The van der Waals surface area contributed by atoms with Crippen LogP contribution in [0.15, 0.2) is 30.9 Å². The third-order valence-electron chi connectivity index (χ3n) is 5.77. The SMILES string of the molecule is Cn1cccc1C(=O)N1CC[C@@H]2[C@@H](CCC(=O)N2CCc2cnc[nH]2)C1. The molecule has 4 rings (SSSR count). The fourth-order valence-electron chi connectivity index (χ4n) is 4.33. The van der Waals surface area contributed by atoms with Gasteiger partial charge in [-0.1, -0.05) is 0 Å². The molecule has 0 saturated carbocycles. The summed E-state index contributed by atoms with van der Waals surface area (Å²) in [5, 5.41) is 0. The molecular weight excluding hydrogens is 330 g/mol. The Morgan fingerprint density at radius 1 is 1.38 bits per heavy atom. The van der Waals surface area contributed by atoms with Crippen LogP contribution in [0, 0.1) is 5.92 Å². The Morgan fingerprint density at radius 3 is 3.00 bits per heavy atom. The third-order valence-corrected chi connectivity index (χ3v) is 5.77. The van der Waals surface area contributed by atoms with Gasteiger partial charge in [0.2, 0.25) is 5.91 Å². The van der Waals surface area contributed by atoms with Crippen molar-refractivity contribution < 1.29 is 9.59 Å². The largest absolute Gasteiger partial charge is 0.348 e. The number of imidazole rings is 1. The summed E-state index contributed by atoms with van der Waals surface area (Å²) in [5.41, 5.74) is 1.78. The van der Waals surface area contributed by atoms with Crippen molar-refractivity contribution in [1.82, 2.24) is 24.3 Å². The summed E-state index contributed by atoms with van der Waals surface area (Å²) in [4.78, 5) is 36.4. The molecule has 2 saturated heterocycles. The van der Waals surface area contributed by atoms with Crippen LogP contribution in [0.4, 0.5) is 0 Å². The summed E-state index contributed by atoms with van der Waals surface area (Å²) in [6.07, 6.45) is 8.49. The van der Waals surface area contributed by atoms with E-state index in [4.69, 9.17) is 0 Å². The van der Waals surface area contributed by atoms with Gasteiger partial charge in [-0.2, -0.15) is 0 Å². The molecule has 2 amide bonds. The number of nitrogens with one attached hydrogen (secondary N) is 1. The van der Waals surface area contributed by atoms with Crippen molar-refractivity contribution in [3.05, 3.63) is 42.2 Å². The molecule has 2 aliphatic rings. The molecule has 7 heteroatoms. The predicted molar refractivity (Wildman–Crippen MR) is 96.5 cm³/mol. The molecule has 0 bridgehead atoms. The molecule has 138 valence electrons. The van der Waals surface area contributed by atoms with E-state index in [-0.39, 0.29) is 17.9 Å². The first-order valence-corrected chi connectivity index (χ1v) is 9.31. The highest BCUT2D eigenvalue weighted by Gasteiger charge is 2.40. The Morgan fingerprint density at radius 2 is 2.27 bits per heavy atom. The standard InChI is InChI=1S/C19H25N5O2/c1-22-8-2-3-17(22)19(26)23-9-7-16-14(12-23)4-5-18(25)24(16)10-6-15-11-20-13-21-15/h2-3,8,11,13-14,16H,4-7,9-10,12H2,1H3,(H,20,21)/t14-,16+/m0/s1. The van der Waals surface area contributed by atoms with Crippen LogP contribution in [0.1, 0.15) is 35.4 Å². The Kier molecular flexibility index (Phi) is 4.53. The van der Waals surface area contributed by atoms with Crippen molar-refractivity contribution >= 4 is 11.8 Å². The zero-order chi connectivity index (χ0) is 18.1. The van der Waals surface area contributed by atoms with Crippen molar-refractivity contribution in [1.29, 1.82) is 0 Å². The summed E-state index contributed by atoms with van der Waals surface area (Å²) in [6, 6.07) is 4.02. The van der Waals surface area contributed by atoms with E-state index in [1.54, 1.807) is 6.33 Å². The summed E-state index contributed by atoms with van der Waals surface area (Å²) in [5.74, 6) is 0.706. The topological polar surface area (TPSA) is 74.2 Å². The van der Waals surface area contributed by atoms with Gasteiger partial charge in [-0.15, -0.1) is 0 Å². The second kappa shape index (κ2) is 6.97. The van der Waals surface area contributed by atoms with Crippen LogP contribution in [0.3, 0.4) is 0 Å². The van der Waals surface area contributed by atoms with Gasteiger partial charge in [0.15, 0.2) is 0 Å². The fourth-order valence-corrected chi connectivity index (χ4v) is 4.33. The van der Waals surface area contributed by atoms with E-state index in [2.05, 4.69) is 9.97 Å². The molecule has 2 aliphatic heterocycles. The maximum absolute atomic E-state index is 12.8. The average molecular weight is 355 g/mol. The maximum Gasteiger partial charge on any atom is 0.270 e. The summed E-state index contributed by atoms with van der Waals surface area (Å²) < 4.78 is 1.87. The highest BCUT2D eigenvalue weighted by atomic mass is 16.2. The molecule has 1 N–H and O–H groups in total. The van der Waals surface area contributed by atoms with Gasteiger partial charge in [0.05, 0.1) is 6.33 Å². The minimum atomic E-state index is 0.0943. The monoisotopic (exact) mass is 355 g/mol. The highest BCUT2D eigenvalue weighted by molar-refractivity contribution is 5.92. The molecular formula is C19H25N5O2. The Labute approximate surface area is 153 Å². The first-order chi connectivity index (χ1) is 12.6. The zero-order valence-corrected chi connectivity index (χ0v) is 15.1. The van der Waals surface area contributed by atoms with Crippen LogP contribution in [-0.2, 0) is 18.3 Å². The lowest BCUT2D eigenvalue weighted by Gasteiger charge is -2.47. The smallest absolute Gasteiger partial charge is 0.270 e. The number of rotatable bonds is 4. The number of hydrogen-bond acceptors (Lipinski definition) is 3. The normalized spacial score (nSPS) is 23.2. The fraction of sp³-hybridized carbons (Fsp3) is 0.526. The third kappa shape index (κ3) is 3.13. The Bertz CT molecular complexity index is 782. The van der Waals surface area contributed by atoms with E-state index >= 15 is 0 Å². The van der Waals surface area contributed by atoms with Gasteiger partial charge in [-0.3, -0.25) is 9.59 Å². The van der Waals surface area contributed by atoms with Crippen LogP contribution in [0.5, 0.6) is 0 Å². The minimum Gasteiger partial charge on any atom is -0.348 e. The van der Waals surface area contributed by atoms with Gasteiger partial charge in [0.25, 0.3) is 5.91 Å². The second-order valence-corrected chi connectivity index (χ2v) is 7.32. The number of likely N-dealkylation sites (tertiary alicyclic amines) is 2. The number of amides is 2. The molecule has 26 heavy (non-hydrogen) atoms. The molecule has 2 atom stereocenters. The molecule has 0 aliphatic carbocycles. The molecule has 7 nitrogen and oxygen atoms in total. The number of hydrogen-bond donors (Lipinski definition) is 1. The van der Waals surface area contributed by atoms with Gasteiger partial charge >= 0.3 is 0 Å². The first kappa shape index (κ1) is 16.9. The van der Waals surface area contributed by atoms with Gasteiger partial charge in [0, 0.05) is 63.7 Å². The van der Waals surface area contributed by atoms with Crippen molar-refractivity contribution in [2.45, 2.75) is 31.7 Å². The number of H-pyrrole nitrogens is 1. The molecule has 0 aromatic carbocycles. The predicted octanol–water partition coefficient (Wildman–Crippen LogP) is 1.44. The van der Waals surface area contributed by atoms with Crippen LogP contribution in [0.25, 0.3) is 0 Å². The van der Waals surface area contributed by atoms with E-state index in [0.29, 0.717) is 25.4 Å². The zero-order valence-electron chi connectivity index (χ0n) is 15.1. The van der Waals surface area contributed by atoms with Gasteiger partial charge in [-0.25, -0.2) is 4.98 Å². The average Bonchev–Trinajstić information content (AvgIpc) is 3.31. The maximum atomic E-state index is 12.8. The molecule has 2 fully saturated rings. The summed E-state index contributed by atoms with van der Waals surface area (Å²) >= 11 is 0. The summed E-state index contributed by atoms with van der Waals surface area (Å²) in [6.45, 7) is 2.16.